The van der Waals surface area contributed by atoms with Gasteiger partial charge in [-0.2, -0.15) is 0 Å². The van der Waals surface area contributed by atoms with Crippen molar-refractivity contribution in [2.24, 2.45) is 0 Å². The lowest BCUT2D eigenvalue weighted by molar-refractivity contribution is 0.382. The highest BCUT2D eigenvalue weighted by Gasteiger charge is 2.18. The van der Waals surface area contributed by atoms with Gasteiger partial charge in [0.25, 0.3) is 0 Å². The Morgan fingerprint density at radius 1 is 1.25 bits per heavy atom. The quantitative estimate of drug-likeness (QED) is 0.530. The highest BCUT2D eigenvalue weighted by molar-refractivity contribution is 5.33. The number of likely N-dealkylation sites (N-methyl/N-ethyl adjacent to an activating group) is 1. The molecule has 0 bridgehead atoms. The van der Waals surface area contributed by atoms with Gasteiger partial charge < -0.3 is 4.90 Å². The first-order valence-electron chi connectivity index (χ1n) is 4.88. The molecular weight excluding hydrogens is 146 g/mol. The lowest BCUT2D eigenvalue weighted by atomic mass is 9.91. The zero-order valence-electron chi connectivity index (χ0n) is 8.06. The van der Waals surface area contributed by atoms with E-state index in [4.69, 9.17) is 0 Å². The molecule has 12 heavy (non-hydrogen) atoms. The number of allylic oxidation sites excluding steroid dienone is 3. The summed E-state index contributed by atoms with van der Waals surface area (Å²) in [6.07, 6.45) is 7.65. The van der Waals surface area contributed by atoms with Crippen molar-refractivity contribution < 1.29 is 0 Å². The molecule has 0 radical (unpaired) electrons. The van der Waals surface area contributed by atoms with E-state index in [1.54, 1.807) is 11.1 Å². The van der Waals surface area contributed by atoms with E-state index in [1.165, 1.54) is 37.9 Å². The minimum Gasteiger partial charge on any atom is -0.375 e. The van der Waals surface area contributed by atoms with E-state index in [9.17, 15) is 0 Å². The Hall–Kier alpha value is -0.720. The van der Waals surface area contributed by atoms with E-state index in [0.717, 1.165) is 0 Å². The van der Waals surface area contributed by atoms with Gasteiger partial charge in [-0.15, -0.1) is 0 Å². The molecule has 0 fully saturated rings. The molecule has 0 amide bonds. The van der Waals surface area contributed by atoms with Crippen LogP contribution in [0, 0.1) is 0 Å². The molecule has 0 aromatic carbocycles. The first kappa shape index (κ1) is 7.90. The minimum absolute atomic E-state index is 1.24. The van der Waals surface area contributed by atoms with Crippen molar-refractivity contribution in [3.05, 3.63) is 22.9 Å². The van der Waals surface area contributed by atoms with Gasteiger partial charge in [0.05, 0.1) is 0 Å². The first-order chi connectivity index (χ1) is 5.77. The van der Waals surface area contributed by atoms with Crippen LogP contribution in [0.5, 0.6) is 0 Å². The van der Waals surface area contributed by atoms with E-state index in [-0.39, 0.29) is 0 Å². The van der Waals surface area contributed by atoms with Gasteiger partial charge in [0, 0.05) is 19.3 Å². The van der Waals surface area contributed by atoms with Crippen LogP contribution in [0.1, 0.15) is 32.6 Å². The second-order valence-corrected chi connectivity index (χ2v) is 4.00. The summed E-state index contributed by atoms with van der Waals surface area (Å²) in [7, 11) is 2.21. The van der Waals surface area contributed by atoms with Crippen molar-refractivity contribution in [3.8, 4) is 0 Å². The van der Waals surface area contributed by atoms with E-state index in [1.807, 2.05) is 0 Å². The molecule has 1 aliphatic carbocycles. The Labute approximate surface area is 74.8 Å². The Morgan fingerprint density at radius 2 is 2.08 bits per heavy atom. The average molecular weight is 163 g/mol. The van der Waals surface area contributed by atoms with Crippen LogP contribution < -0.4 is 0 Å². The van der Waals surface area contributed by atoms with Gasteiger partial charge in [-0.3, -0.25) is 0 Å². The maximum absolute atomic E-state index is 2.40. The monoisotopic (exact) mass is 163 g/mol. The summed E-state index contributed by atoms with van der Waals surface area (Å²) in [6, 6.07) is 0. The molecule has 2 aliphatic rings. The van der Waals surface area contributed by atoms with Crippen LogP contribution in [0.3, 0.4) is 0 Å². The summed E-state index contributed by atoms with van der Waals surface area (Å²) in [4.78, 5) is 2.40. The molecule has 0 saturated carbocycles. The maximum Gasteiger partial charge on any atom is 0.0355 e. The number of rotatable bonds is 0. The second-order valence-electron chi connectivity index (χ2n) is 4.00. The fraction of sp³-hybridized carbons (Fsp3) is 0.636. The molecule has 1 heteroatoms. The molecule has 0 spiro atoms. The van der Waals surface area contributed by atoms with Gasteiger partial charge in [-0.05, 0) is 44.3 Å². The topological polar surface area (TPSA) is 3.24 Å². The summed E-state index contributed by atoms with van der Waals surface area (Å²) in [5.74, 6) is 0. The predicted octanol–water partition coefficient (Wildman–Crippen LogP) is 2.71. The van der Waals surface area contributed by atoms with Crippen LogP contribution in [0.4, 0.5) is 0 Å². The lowest BCUT2D eigenvalue weighted by Crippen LogP contribution is -2.25. The van der Waals surface area contributed by atoms with E-state index < -0.39 is 0 Å². The van der Waals surface area contributed by atoms with Crippen LogP contribution in [-0.4, -0.2) is 18.5 Å². The molecule has 0 atom stereocenters. The Morgan fingerprint density at radius 3 is 2.92 bits per heavy atom. The van der Waals surface area contributed by atoms with Crippen molar-refractivity contribution in [2.45, 2.75) is 32.6 Å². The molecule has 0 saturated heterocycles. The van der Waals surface area contributed by atoms with Crippen molar-refractivity contribution in [2.75, 3.05) is 13.6 Å². The minimum atomic E-state index is 1.24. The van der Waals surface area contributed by atoms with Crippen molar-refractivity contribution >= 4 is 0 Å². The normalized spacial score (nSPS) is 23.8. The molecule has 66 valence electrons. The van der Waals surface area contributed by atoms with Gasteiger partial charge in [-0.1, -0.05) is 5.57 Å². The predicted molar refractivity (Wildman–Crippen MR) is 51.9 cm³/mol. The molecule has 0 unspecified atom stereocenters. The highest BCUT2D eigenvalue weighted by Crippen LogP contribution is 2.31. The molecule has 0 aromatic heterocycles. The average Bonchev–Trinajstić information content (AvgIpc) is 2.07. The molecule has 0 N–H and O–H groups in total. The number of hydrogen-bond donors (Lipinski definition) is 0. The molecule has 0 aromatic rings. The van der Waals surface area contributed by atoms with Crippen LogP contribution in [0.25, 0.3) is 0 Å². The fourth-order valence-electron chi connectivity index (χ4n) is 2.17. The van der Waals surface area contributed by atoms with Gasteiger partial charge in [0.15, 0.2) is 0 Å². The molecule has 2 rings (SSSR count). The van der Waals surface area contributed by atoms with E-state index in [0.29, 0.717) is 0 Å². The van der Waals surface area contributed by atoms with Crippen LogP contribution in [0.15, 0.2) is 22.9 Å². The maximum atomic E-state index is 2.40. The summed E-state index contributed by atoms with van der Waals surface area (Å²) in [6.45, 7) is 3.48. The van der Waals surface area contributed by atoms with Crippen LogP contribution in [0.2, 0.25) is 0 Å². The largest absolute Gasteiger partial charge is 0.375 e. The summed E-state index contributed by atoms with van der Waals surface area (Å²) < 4.78 is 0. The molecule has 1 aliphatic heterocycles. The SMILES string of the molecule is CC1=CC2=C(CCCN2C)CC1. The van der Waals surface area contributed by atoms with Crippen molar-refractivity contribution in [3.63, 3.8) is 0 Å². The van der Waals surface area contributed by atoms with Crippen molar-refractivity contribution in [1.29, 1.82) is 0 Å². The Balaban J connectivity index is 2.31. The molecule has 1 nitrogen and oxygen atoms in total. The molecule has 1 heterocycles. The standard InChI is InChI=1S/C11H17N/c1-9-5-6-10-4-3-7-12(2)11(10)8-9/h8H,3-7H2,1-2H3. The third-order valence-corrected chi connectivity index (χ3v) is 2.95. The third kappa shape index (κ3) is 1.28. The fourth-order valence-corrected chi connectivity index (χ4v) is 2.17. The van der Waals surface area contributed by atoms with Crippen LogP contribution >= 0.6 is 0 Å². The second kappa shape index (κ2) is 2.96. The van der Waals surface area contributed by atoms with Gasteiger partial charge in [0.2, 0.25) is 0 Å². The lowest BCUT2D eigenvalue weighted by Gasteiger charge is -2.31. The number of hydrogen-bond acceptors (Lipinski definition) is 1. The zero-order valence-corrected chi connectivity index (χ0v) is 8.06. The van der Waals surface area contributed by atoms with E-state index in [2.05, 4.69) is 24.9 Å². The van der Waals surface area contributed by atoms with Gasteiger partial charge >= 0.3 is 0 Å². The summed E-state index contributed by atoms with van der Waals surface area (Å²) in [5.41, 5.74) is 4.75. The highest BCUT2D eigenvalue weighted by atomic mass is 15.1. The van der Waals surface area contributed by atoms with Crippen molar-refractivity contribution in [1.82, 2.24) is 4.90 Å². The third-order valence-electron chi connectivity index (χ3n) is 2.95. The molecular formula is C11H17N. The zero-order chi connectivity index (χ0) is 8.55. The summed E-state index contributed by atoms with van der Waals surface area (Å²) in [5, 5.41) is 0. The van der Waals surface area contributed by atoms with Crippen LogP contribution in [-0.2, 0) is 0 Å². The first-order valence-corrected chi connectivity index (χ1v) is 4.88. The Bertz CT molecular complexity index is 248. The van der Waals surface area contributed by atoms with E-state index >= 15 is 0 Å². The summed E-state index contributed by atoms with van der Waals surface area (Å²) >= 11 is 0. The smallest absolute Gasteiger partial charge is 0.0355 e. The van der Waals surface area contributed by atoms with Gasteiger partial charge in [0.1, 0.15) is 0 Å². The Kier molecular flexibility index (Phi) is 1.95. The van der Waals surface area contributed by atoms with Gasteiger partial charge in [-0.25, -0.2) is 0 Å². The number of nitrogens with zero attached hydrogens (tertiary/aromatic N) is 1.